The lowest BCUT2D eigenvalue weighted by Crippen LogP contribution is -2.37. The summed E-state index contributed by atoms with van der Waals surface area (Å²) in [7, 11) is 0. The minimum Gasteiger partial charge on any atom is -0.329 e. The Morgan fingerprint density at radius 3 is 2.00 bits per heavy atom. The summed E-state index contributed by atoms with van der Waals surface area (Å²) in [6.45, 7) is 11.9. The molecule has 1 unspecified atom stereocenters. The van der Waals surface area contributed by atoms with Crippen molar-refractivity contribution in [1.82, 2.24) is 4.90 Å². The van der Waals surface area contributed by atoms with E-state index in [9.17, 15) is 0 Å². The van der Waals surface area contributed by atoms with Crippen molar-refractivity contribution in [2.45, 2.75) is 53.0 Å². The summed E-state index contributed by atoms with van der Waals surface area (Å²) in [5, 5.41) is 0. The Labute approximate surface area is 125 Å². The van der Waals surface area contributed by atoms with Gasteiger partial charge in [0.25, 0.3) is 0 Å². The third kappa shape index (κ3) is 4.60. The van der Waals surface area contributed by atoms with Crippen LogP contribution in [0.15, 0.2) is 24.3 Å². The highest BCUT2D eigenvalue weighted by atomic mass is 15.2. The molecular weight excluding hydrogens is 244 g/mol. The molecule has 1 atom stereocenters. The van der Waals surface area contributed by atoms with Gasteiger partial charge in [-0.05, 0) is 30.0 Å². The van der Waals surface area contributed by atoms with Crippen LogP contribution >= 0.6 is 0 Å². The lowest BCUT2D eigenvalue weighted by molar-refractivity contribution is 0.174. The molecule has 0 saturated heterocycles. The summed E-state index contributed by atoms with van der Waals surface area (Å²) in [6.07, 6.45) is 3.59. The van der Waals surface area contributed by atoms with Crippen molar-refractivity contribution in [2.24, 2.45) is 11.7 Å². The van der Waals surface area contributed by atoms with Crippen LogP contribution in [0.3, 0.4) is 0 Å². The lowest BCUT2D eigenvalue weighted by atomic mass is 9.98. The monoisotopic (exact) mass is 276 g/mol. The number of nitrogens with two attached hydrogens (primary N) is 1. The van der Waals surface area contributed by atoms with Crippen LogP contribution in [-0.2, 0) is 6.42 Å². The van der Waals surface area contributed by atoms with Crippen molar-refractivity contribution in [1.29, 1.82) is 0 Å². The Bertz CT molecular complexity index is 354. The first-order chi connectivity index (χ1) is 9.69. The average Bonchev–Trinajstić information content (AvgIpc) is 2.51. The number of aryl methyl sites for hydroxylation is 1. The zero-order chi connectivity index (χ0) is 15.0. The normalized spacial score (nSPS) is 13.2. The van der Waals surface area contributed by atoms with Crippen LogP contribution in [0, 0.1) is 5.92 Å². The first kappa shape index (κ1) is 17.2. The van der Waals surface area contributed by atoms with Crippen LogP contribution in [0.25, 0.3) is 0 Å². The maximum atomic E-state index is 6.07. The molecule has 1 aromatic rings. The molecule has 0 amide bonds. The SMILES string of the molecule is CCc1ccc(C(CN)N(CC)CC(CC)CC)cc1. The highest BCUT2D eigenvalue weighted by molar-refractivity contribution is 5.25. The van der Waals surface area contributed by atoms with Crippen molar-refractivity contribution >= 4 is 0 Å². The van der Waals surface area contributed by atoms with E-state index in [0.717, 1.165) is 25.4 Å². The second-order valence-corrected chi connectivity index (χ2v) is 5.62. The summed E-state index contributed by atoms with van der Waals surface area (Å²) in [5.41, 5.74) is 8.82. The van der Waals surface area contributed by atoms with Crippen molar-refractivity contribution in [3.63, 3.8) is 0 Å². The van der Waals surface area contributed by atoms with Crippen molar-refractivity contribution in [3.8, 4) is 0 Å². The highest BCUT2D eigenvalue weighted by Crippen LogP contribution is 2.23. The van der Waals surface area contributed by atoms with Crippen LogP contribution in [0.2, 0.25) is 0 Å². The van der Waals surface area contributed by atoms with Gasteiger partial charge in [0.15, 0.2) is 0 Å². The van der Waals surface area contributed by atoms with E-state index in [1.54, 1.807) is 0 Å². The smallest absolute Gasteiger partial charge is 0.0470 e. The standard InChI is InChI=1S/C18H32N2/c1-5-15(6-2)14-20(8-4)18(13-19)17-11-9-16(7-3)10-12-17/h9-12,15,18H,5-8,13-14,19H2,1-4H3. The van der Waals surface area contributed by atoms with E-state index in [1.165, 1.54) is 24.0 Å². The largest absolute Gasteiger partial charge is 0.329 e. The Hall–Kier alpha value is -0.860. The lowest BCUT2D eigenvalue weighted by Gasteiger charge is -2.33. The number of rotatable bonds is 9. The second kappa shape index (κ2) is 9.15. The molecule has 20 heavy (non-hydrogen) atoms. The van der Waals surface area contributed by atoms with Crippen molar-refractivity contribution in [3.05, 3.63) is 35.4 Å². The molecule has 2 heteroatoms. The van der Waals surface area contributed by atoms with E-state index < -0.39 is 0 Å². The molecule has 0 aromatic heterocycles. The summed E-state index contributed by atoms with van der Waals surface area (Å²) >= 11 is 0. The van der Waals surface area contributed by atoms with Crippen LogP contribution in [0.1, 0.15) is 57.7 Å². The van der Waals surface area contributed by atoms with Gasteiger partial charge in [-0.25, -0.2) is 0 Å². The summed E-state index contributed by atoms with van der Waals surface area (Å²) < 4.78 is 0. The molecule has 0 radical (unpaired) electrons. The first-order valence-electron chi connectivity index (χ1n) is 8.22. The number of hydrogen-bond acceptors (Lipinski definition) is 2. The molecule has 1 aromatic carbocycles. The number of hydrogen-bond donors (Lipinski definition) is 1. The molecule has 0 saturated carbocycles. The van der Waals surface area contributed by atoms with Gasteiger partial charge in [0.05, 0.1) is 0 Å². The van der Waals surface area contributed by atoms with Gasteiger partial charge in [-0.2, -0.15) is 0 Å². The van der Waals surface area contributed by atoms with E-state index in [1.807, 2.05) is 0 Å². The fraction of sp³-hybridized carbons (Fsp3) is 0.667. The molecule has 2 nitrogen and oxygen atoms in total. The molecule has 1 rings (SSSR count). The fourth-order valence-corrected chi connectivity index (χ4v) is 2.83. The van der Waals surface area contributed by atoms with E-state index in [4.69, 9.17) is 5.73 Å². The first-order valence-corrected chi connectivity index (χ1v) is 8.22. The Morgan fingerprint density at radius 2 is 1.60 bits per heavy atom. The number of nitrogens with zero attached hydrogens (tertiary/aromatic N) is 1. The van der Waals surface area contributed by atoms with Gasteiger partial charge in [-0.15, -0.1) is 0 Å². The van der Waals surface area contributed by atoms with Crippen LogP contribution in [0.4, 0.5) is 0 Å². The van der Waals surface area contributed by atoms with E-state index in [0.29, 0.717) is 12.6 Å². The van der Waals surface area contributed by atoms with Gasteiger partial charge in [-0.3, -0.25) is 4.90 Å². The predicted octanol–water partition coefficient (Wildman–Crippen LogP) is 4.01. The van der Waals surface area contributed by atoms with Gasteiger partial charge in [-0.1, -0.05) is 64.8 Å². The molecule has 114 valence electrons. The molecule has 0 aliphatic carbocycles. The van der Waals surface area contributed by atoms with E-state index in [-0.39, 0.29) is 0 Å². The maximum Gasteiger partial charge on any atom is 0.0470 e. The molecule has 0 aliphatic heterocycles. The quantitative estimate of drug-likeness (QED) is 0.738. The Kier molecular flexibility index (Phi) is 7.86. The summed E-state index contributed by atoms with van der Waals surface area (Å²) in [5.74, 6) is 0.777. The number of benzene rings is 1. The molecular formula is C18H32N2. The Morgan fingerprint density at radius 1 is 1.00 bits per heavy atom. The molecule has 0 heterocycles. The molecule has 0 fully saturated rings. The summed E-state index contributed by atoms with van der Waals surface area (Å²) in [4.78, 5) is 2.54. The van der Waals surface area contributed by atoms with Crippen molar-refractivity contribution in [2.75, 3.05) is 19.6 Å². The van der Waals surface area contributed by atoms with E-state index >= 15 is 0 Å². The summed E-state index contributed by atoms with van der Waals surface area (Å²) in [6, 6.07) is 9.34. The third-order valence-electron chi connectivity index (χ3n) is 4.49. The minimum atomic E-state index is 0.353. The van der Waals surface area contributed by atoms with Crippen LogP contribution in [-0.4, -0.2) is 24.5 Å². The predicted molar refractivity (Wildman–Crippen MR) is 88.9 cm³/mol. The van der Waals surface area contributed by atoms with Gasteiger partial charge < -0.3 is 5.73 Å². The second-order valence-electron chi connectivity index (χ2n) is 5.62. The fourth-order valence-electron chi connectivity index (χ4n) is 2.83. The molecule has 0 spiro atoms. The van der Waals surface area contributed by atoms with Gasteiger partial charge in [0.1, 0.15) is 0 Å². The molecule has 0 aliphatic rings. The molecule has 0 bridgehead atoms. The zero-order valence-electron chi connectivity index (χ0n) is 13.7. The zero-order valence-corrected chi connectivity index (χ0v) is 13.7. The Balaban J connectivity index is 2.84. The van der Waals surface area contributed by atoms with Gasteiger partial charge in [0.2, 0.25) is 0 Å². The highest BCUT2D eigenvalue weighted by Gasteiger charge is 2.20. The molecule has 2 N–H and O–H groups in total. The topological polar surface area (TPSA) is 29.3 Å². The average molecular weight is 276 g/mol. The van der Waals surface area contributed by atoms with Crippen molar-refractivity contribution < 1.29 is 0 Å². The number of likely N-dealkylation sites (N-methyl/N-ethyl adjacent to an activating group) is 1. The minimum absolute atomic E-state index is 0.353. The van der Waals surface area contributed by atoms with Crippen LogP contribution < -0.4 is 5.73 Å². The maximum absolute atomic E-state index is 6.07. The third-order valence-corrected chi connectivity index (χ3v) is 4.49. The van der Waals surface area contributed by atoms with Crippen LogP contribution in [0.5, 0.6) is 0 Å². The van der Waals surface area contributed by atoms with Gasteiger partial charge >= 0.3 is 0 Å². The van der Waals surface area contributed by atoms with Gasteiger partial charge in [0, 0.05) is 19.1 Å². The van der Waals surface area contributed by atoms with E-state index in [2.05, 4.69) is 56.9 Å².